The van der Waals surface area contributed by atoms with Crippen molar-refractivity contribution in [2.75, 3.05) is 13.7 Å². The van der Waals surface area contributed by atoms with E-state index in [9.17, 15) is 13.2 Å². The van der Waals surface area contributed by atoms with Gasteiger partial charge in [0, 0.05) is 42.8 Å². The Bertz CT molecular complexity index is 1070. The van der Waals surface area contributed by atoms with Crippen LogP contribution in [0.1, 0.15) is 37.7 Å². The zero-order valence-corrected chi connectivity index (χ0v) is 19.6. The highest BCUT2D eigenvalue weighted by Crippen LogP contribution is 2.23. The van der Waals surface area contributed by atoms with Gasteiger partial charge in [0.25, 0.3) is 10.0 Å². The van der Waals surface area contributed by atoms with E-state index in [1.54, 1.807) is 29.7 Å². The third kappa shape index (κ3) is 6.69. The first kappa shape index (κ1) is 24.0. The van der Waals surface area contributed by atoms with Gasteiger partial charge in [-0.15, -0.1) is 11.3 Å². The monoisotopic (exact) mass is 473 g/mol. The number of hydrogen-bond donors (Lipinski definition) is 0. The number of benzene rings is 1. The summed E-state index contributed by atoms with van der Waals surface area (Å²) in [5, 5.41) is 2.90. The van der Waals surface area contributed by atoms with Crippen LogP contribution in [0.5, 0.6) is 0 Å². The van der Waals surface area contributed by atoms with Crippen molar-refractivity contribution in [1.29, 1.82) is 0 Å². The molecule has 3 aromatic rings. The summed E-state index contributed by atoms with van der Waals surface area (Å²) in [7, 11) is -2.34. The van der Waals surface area contributed by atoms with Crippen LogP contribution in [-0.2, 0) is 26.1 Å². The Morgan fingerprint density at radius 1 is 1.00 bits per heavy atom. The van der Waals surface area contributed by atoms with Gasteiger partial charge in [0.2, 0.25) is 0 Å². The van der Waals surface area contributed by atoms with Crippen LogP contribution >= 0.6 is 11.3 Å². The van der Waals surface area contributed by atoms with Gasteiger partial charge in [0.15, 0.2) is 5.03 Å². The van der Waals surface area contributed by atoms with Crippen molar-refractivity contribution >= 4 is 27.3 Å². The molecule has 0 aliphatic rings. The quantitative estimate of drug-likeness (QED) is 0.284. The van der Waals surface area contributed by atoms with E-state index in [2.05, 4.69) is 14.7 Å². The molecule has 2 aromatic heterocycles. The highest BCUT2D eigenvalue weighted by atomic mass is 32.2. The molecule has 9 heteroatoms. The fraction of sp³-hybridized carbons (Fsp3) is 0.348. The standard InChI is InChI=1S/C23H27N3O4S2/c1-30-22(27)9-4-2-3-7-16-26(32(28,29)21-8-5-6-14-24-21)18-19-10-12-20(13-11-19)23-25-15-17-31-23/h5-6,8,10-15,17H,2-4,7,9,16,18H2,1H3. The summed E-state index contributed by atoms with van der Waals surface area (Å²) in [5.74, 6) is -0.217. The fourth-order valence-corrected chi connectivity index (χ4v) is 5.29. The molecule has 0 saturated heterocycles. The van der Waals surface area contributed by atoms with E-state index in [1.165, 1.54) is 23.7 Å². The molecular formula is C23H27N3O4S2. The number of esters is 1. The van der Waals surface area contributed by atoms with E-state index >= 15 is 0 Å². The second kappa shape index (κ2) is 11.8. The molecule has 0 spiro atoms. The summed E-state index contributed by atoms with van der Waals surface area (Å²) in [6, 6.07) is 12.7. The van der Waals surface area contributed by atoms with E-state index in [0.717, 1.165) is 35.4 Å². The van der Waals surface area contributed by atoms with Crippen molar-refractivity contribution in [3.8, 4) is 10.6 Å². The number of carbonyl (C=O) groups excluding carboxylic acids is 1. The smallest absolute Gasteiger partial charge is 0.305 e. The van der Waals surface area contributed by atoms with Gasteiger partial charge in [-0.1, -0.05) is 43.2 Å². The minimum atomic E-state index is -3.72. The Morgan fingerprint density at radius 2 is 1.78 bits per heavy atom. The van der Waals surface area contributed by atoms with Crippen LogP contribution in [0.4, 0.5) is 0 Å². The maximum absolute atomic E-state index is 13.2. The summed E-state index contributed by atoms with van der Waals surface area (Å²) < 4.78 is 32.6. The average Bonchev–Trinajstić information content (AvgIpc) is 3.36. The Labute approximate surface area is 193 Å². The van der Waals surface area contributed by atoms with Gasteiger partial charge >= 0.3 is 5.97 Å². The van der Waals surface area contributed by atoms with E-state index in [1.807, 2.05) is 29.6 Å². The van der Waals surface area contributed by atoms with Crippen molar-refractivity contribution in [3.05, 3.63) is 65.8 Å². The minimum Gasteiger partial charge on any atom is -0.469 e. The molecule has 170 valence electrons. The molecule has 0 amide bonds. The molecule has 0 bridgehead atoms. The summed E-state index contributed by atoms with van der Waals surface area (Å²) in [4.78, 5) is 19.6. The predicted octanol–water partition coefficient (Wildman–Crippen LogP) is 4.52. The number of sulfonamides is 1. The first-order chi connectivity index (χ1) is 15.5. The van der Waals surface area contributed by atoms with Crippen LogP contribution in [0, 0.1) is 0 Å². The van der Waals surface area contributed by atoms with Crippen LogP contribution < -0.4 is 0 Å². The number of rotatable bonds is 12. The lowest BCUT2D eigenvalue weighted by molar-refractivity contribution is -0.140. The summed E-state index contributed by atoms with van der Waals surface area (Å²) in [5.41, 5.74) is 1.91. The maximum Gasteiger partial charge on any atom is 0.305 e. The van der Waals surface area contributed by atoms with E-state index in [4.69, 9.17) is 0 Å². The zero-order chi connectivity index (χ0) is 22.8. The number of methoxy groups -OCH3 is 1. The lowest BCUT2D eigenvalue weighted by atomic mass is 10.1. The Balaban J connectivity index is 1.67. The Hall–Kier alpha value is -2.62. The van der Waals surface area contributed by atoms with Crippen molar-refractivity contribution in [1.82, 2.24) is 14.3 Å². The molecule has 0 saturated carbocycles. The third-order valence-electron chi connectivity index (χ3n) is 5.00. The maximum atomic E-state index is 13.2. The van der Waals surface area contributed by atoms with Crippen LogP contribution in [-0.4, -0.2) is 42.3 Å². The second-order valence-corrected chi connectivity index (χ2v) is 10.1. The highest BCUT2D eigenvalue weighted by Gasteiger charge is 2.25. The van der Waals surface area contributed by atoms with Gasteiger partial charge in [0.1, 0.15) is 5.01 Å². The molecule has 0 aliphatic heterocycles. The first-order valence-electron chi connectivity index (χ1n) is 10.5. The summed E-state index contributed by atoms with van der Waals surface area (Å²) >= 11 is 1.56. The van der Waals surface area contributed by atoms with Gasteiger partial charge < -0.3 is 4.74 Å². The van der Waals surface area contributed by atoms with Gasteiger partial charge in [0.05, 0.1) is 7.11 Å². The predicted molar refractivity (Wildman–Crippen MR) is 124 cm³/mol. The highest BCUT2D eigenvalue weighted by molar-refractivity contribution is 7.89. The van der Waals surface area contributed by atoms with Crippen molar-refractivity contribution in [2.45, 2.75) is 43.7 Å². The van der Waals surface area contributed by atoms with Crippen LogP contribution in [0.3, 0.4) is 0 Å². The topological polar surface area (TPSA) is 89.5 Å². The molecule has 3 rings (SSSR count). The van der Waals surface area contributed by atoms with Crippen molar-refractivity contribution in [2.24, 2.45) is 0 Å². The molecular weight excluding hydrogens is 446 g/mol. The molecule has 0 atom stereocenters. The molecule has 0 radical (unpaired) electrons. The number of nitrogens with zero attached hydrogens (tertiary/aromatic N) is 3. The molecule has 2 heterocycles. The second-order valence-electron chi connectivity index (χ2n) is 7.28. The largest absolute Gasteiger partial charge is 0.469 e. The molecule has 32 heavy (non-hydrogen) atoms. The normalized spacial score (nSPS) is 11.6. The van der Waals surface area contributed by atoms with E-state index in [-0.39, 0.29) is 17.5 Å². The number of carbonyl (C=O) groups is 1. The molecule has 0 aliphatic carbocycles. The lowest BCUT2D eigenvalue weighted by Crippen LogP contribution is -2.32. The summed E-state index contributed by atoms with van der Waals surface area (Å²) in [6.07, 6.45) is 6.74. The van der Waals surface area contributed by atoms with E-state index in [0.29, 0.717) is 19.4 Å². The van der Waals surface area contributed by atoms with Crippen molar-refractivity contribution < 1.29 is 17.9 Å². The zero-order valence-electron chi connectivity index (χ0n) is 18.0. The molecule has 0 N–H and O–H groups in total. The van der Waals surface area contributed by atoms with Gasteiger partial charge in [-0.05, 0) is 30.5 Å². The SMILES string of the molecule is COC(=O)CCCCCCN(Cc1ccc(-c2nccs2)cc1)S(=O)(=O)c1ccccn1. The van der Waals surface area contributed by atoms with Crippen LogP contribution in [0.2, 0.25) is 0 Å². The molecule has 0 unspecified atom stereocenters. The van der Waals surface area contributed by atoms with Gasteiger partial charge in [-0.2, -0.15) is 4.31 Å². The average molecular weight is 474 g/mol. The Morgan fingerprint density at radius 3 is 2.44 bits per heavy atom. The first-order valence-corrected chi connectivity index (χ1v) is 12.8. The Kier molecular flexibility index (Phi) is 8.90. The third-order valence-corrected chi connectivity index (χ3v) is 7.58. The molecule has 7 nitrogen and oxygen atoms in total. The summed E-state index contributed by atoms with van der Waals surface area (Å²) in [6.45, 7) is 0.643. The lowest BCUT2D eigenvalue weighted by Gasteiger charge is -2.22. The van der Waals surface area contributed by atoms with Crippen LogP contribution in [0.15, 0.2) is 65.3 Å². The van der Waals surface area contributed by atoms with Crippen molar-refractivity contribution in [3.63, 3.8) is 0 Å². The molecule has 1 aromatic carbocycles. The minimum absolute atomic E-state index is 0.0464. The number of pyridine rings is 1. The number of thiazole rings is 1. The number of unbranched alkanes of at least 4 members (excludes halogenated alkanes) is 3. The van der Waals surface area contributed by atoms with Crippen LogP contribution in [0.25, 0.3) is 10.6 Å². The molecule has 0 fully saturated rings. The van der Waals surface area contributed by atoms with Gasteiger partial charge in [-0.25, -0.2) is 18.4 Å². The number of hydrogen-bond acceptors (Lipinski definition) is 7. The number of aromatic nitrogens is 2. The van der Waals surface area contributed by atoms with Gasteiger partial charge in [-0.3, -0.25) is 4.79 Å². The fourth-order valence-electron chi connectivity index (χ4n) is 3.25. The van der Waals surface area contributed by atoms with E-state index < -0.39 is 10.0 Å². The number of ether oxygens (including phenoxy) is 1.